The third-order valence-electron chi connectivity index (χ3n) is 4.50. The number of aromatic nitrogens is 1. The maximum atomic E-state index is 13.8. The number of halogens is 1. The molecule has 3 rings (SSSR count). The number of piperidine rings is 1. The molecule has 1 unspecified atom stereocenters. The molecule has 1 amide bonds. The van der Waals surface area contributed by atoms with E-state index in [9.17, 15) is 9.18 Å². The minimum atomic E-state index is -0.337. The highest BCUT2D eigenvalue weighted by molar-refractivity contribution is 5.95. The predicted octanol–water partition coefficient (Wildman–Crippen LogP) is 4.37. The number of nitrogens with one attached hydrogen (secondary N) is 1. The molecule has 1 saturated heterocycles. The van der Waals surface area contributed by atoms with E-state index < -0.39 is 0 Å². The van der Waals surface area contributed by atoms with Crippen molar-refractivity contribution in [3.63, 3.8) is 0 Å². The van der Waals surface area contributed by atoms with Crippen LogP contribution < -0.4 is 5.32 Å². The summed E-state index contributed by atoms with van der Waals surface area (Å²) < 4.78 is 13.8. The fourth-order valence-corrected chi connectivity index (χ4v) is 3.20. The zero-order valence-electron chi connectivity index (χ0n) is 13.8. The van der Waals surface area contributed by atoms with Gasteiger partial charge in [-0.05, 0) is 43.9 Å². The fourth-order valence-electron chi connectivity index (χ4n) is 3.20. The summed E-state index contributed by atoms with van der Waals surface area (Å²) in [6, 6.07) is 8.48. The van der Waals surface area contributed by atoms with Crippen molar-refractivity contribution in [2.75, 3.05) is 11.9 Å². The number of likely N-dealkylation sites (tertiary alicyclic amines) is 1. The lowest BCUT2D eigenvalue weighted by Gasteiger charge is -2.35. The standard InChI is InChI=1S/C19H22FN3O/c1-2-16-7-5-6-10-23(16)19(24)14-11-15(13-21-12-14)22-18-9-4-3-8-17(18)20/h3-4,8-9,11-13,16,22H,2,5-7,10H2,1H3. The molecule has 4 nitrogen and oxygen atoms in total. The number of anilines is 2. The van der Waals surface area contributed by atoms with E-state index in [2.05, 4.69) is 17.2 Å². The van der Waals surface area contributed by atoms with E-state index in [-0.39, 0.29) is 11.7 Å². The number of amides is 1. The monoisotopic (exact) mass is 327 g/mol. The van der Waals surface area contributed by atoms with Gasteiger partial charge < -0.3 is 10.2 Å². The molecule has 1 aliphatic heterocycles. The van der Waals surface area contributed by atoms with Gasteiger partial charge in [-0.3, -0.25) is 9.78 Å². The van der Waals surface area contributed by atoms with Crippen LogP contribution in [0.15, 0.2) is 42.7 Å². The molecule has 1 aromatic heterocycles. The van der Waals surface area contributed by atoms with Crippen molar-refractivity contribution >= 4 is 17.3 Å². The summed E-state index contributed by atoms with van der Waals surface area (Å²) in [5.41, 5.74) is 1.51. The summed E-state index contributed by atoms with van der Waals surface area (Å²) in [7, 11) is 0. The summed E-state index contributed by atoms with van der Waals surface area (Å²) in [4.78, 5) is 18.9. The van der Waals surface area contributed by atoms with Crippen molar-refractivity contribution in [3.8, 4) is 0 Å². The van der Waals surface area contributed by atoms with Gasteiger partial charge in [0.05, 0.1) is 23.1 Å². The molecule has 1 aromatic carbocycles. The van der Waals surface area contributed by atoms with Gasteiger partial charge in [-0.15, -0.1) is 0 Å². The number of benzene rings is 1. The van der Waals surface area contributed by atoms with Gasteiger partial charge in [0.25, 0.3) is 5.91 Å². The largest absolute Gasteiger partial charge is 0.352 e. The number of carbonyl (C=O) groups is 1. The maximum absolute atomic E-state index is 13.8. The maximum Gasteiger partial charge on any atom is 0.255 e. The highest BCUT2D eigenvalue weighted by atomic mass is 19.1. The lowest BCUT2D eigenvalue weighted by atomic mass is 9.99. The summed E-state index contributed by atoms with van der Waals surface area (Å²) in [6.45, 7) is 2.91. The zero-order chi connectivity index (χ0) is 16.9. The second kappa shape index (κ2) is 7.43. The highest BCUT2D eigenvalue weighted by Gasteiger charge is 2.26. The lowest BCUT2D eigenvalue weighted by molar-refractivity contribution is 0.0607. The molecule has 126 valence electrons. The molecule has 2 aromatic rings. The molecule has 1 fully saturated rings. The first-order chi connectivity index (χ1) is 11.7. The van der Waals surface area contributed by atoms with Crippen molar-refractivity contribution in [1.29, 1.82) is 0 Å². The number of rotatable bonds is 4. The Hall–Kier alpha value is -2.43. The van der Waals surface area contributed by atoms with Crippen LogP contribution in [0.3, 0.4) is 0 Å². The van der Waals surface area contributed by atoms with Crippen LogP contribution in [0.25, 0.3) is 0 Å². The minimum Gasteiger partial charge on any atom is -0.352 e. The Bertz CT molecular complexity index is 719. The van der Waals surface area contributed by atoms with E-state index in [1.54, 1.807) is 36.7 Å². The molecule has 0 spiro atoms. The Balaban J connectivity index is 1.79. The van der Waals surface area contributed by atoms with E-state index in [1.165, 1.54) is 12.5 Å². The molecular weight excluding hydrogens is 305 g/mol. The van der Waals surface area contributed by atoms with Crippen LogP contribution in [0.1, 0.15) is 43.0 Å². The molecule has 1 atom stereocenters. The molecule has 0 radical (unpaired) electrons. The number of pyridine rings is 1. The summed E-state index contributed by atoms with van der Waals surface area (Å²) >= 11 is 0. The van der Waals surface area contributed by atoms with Crippen LogP contribution >= 0.6 is 0 Å². The fraction of sp³-hybridized carbons (Fsp3) is 0.368. The number of carbonyl (C=O) groups excluding carboxylic acids is 1. The average Bonchev–Trinajstić information content (AvgIpc) is 2.63. The average molecular weight is 327 g/mol. The highest BCUT2D eigenvalue weighted by Crippen LogP contribution is 2.24. The molecular formula is C19H22FN3O. The van der Waals surface area contributed by atoms with Gasteiger partial charge in [-0.25, -0.2) is 4.39 Å². The quantitative estimate of drug-likeness (QED) is 0.907. The second-order valence-corrected chi connectivity index (χ2v) is 6.12. The van der Waals surface area contributed by atoms with Gasteiger partial charge in [-0.2, -0.15) is 0 Å². The minimum absolute atomic E-state index is 0.00577. The predicted molar refractivity (Wildman–Crippen MR) is 92.9 cm³/mol. The molecule has 1 aliphatic rings. The van der Waals surface area contributed by atoms with Crippen molar-refractivity contribution in [1.82, 2.24) is 9.88 Å². The number of nitrogens with zero attached hydrogens (tertiary/aromatic N) is 2. The first kappa shape index (κ1) is 16.4. The Morgan fingerprint density at radius 3 is 2.96 bits per heavy atom. The SMILES string of the molecule is CCC1CCCCN1C(=O)c1cncc(Nc2ccccc2F)c1. The van der Waals surface area contributed by atoms with Gasteiger partial charge >= 0.3 is 0 Å². The van der Waals surface area contributed by atoms with Crippen molar-refractivity contribution in [3.05, 3.63) is 54.1 Å². The molecule has 5 heteroatoms. The van der Waals surface area contributed by atoms with E-state index in [0.717, 1.165) is 25.8 Å². The van der Waals surface area contributed by atoms with Gasteiger partial charge in [0.2, 0.25) is 0 Å². The van der Waals surface area contributed by atoms with Gasteiger partial charge in [-0.1, -0.05) is 19.1 Å². The van der Waals surface area contributed by atoms with Crippen molar-refractivity contribution < 1.29 is 9.18 Å². The molecule has 0 bridgehead atoms. The molecule has 1 N–H and O–H groups in total. The van der Waals surface area contributed by atoms with Gasteiger partial charge in [0, 0.05) is 18.8 Å². The Labute approximate surface area is 141 Å². The molecule has 0 aliphatic carbocycles. The summed E-state index contributed by atoms with van der Waals surface area (Å²) in [5.74, 6) is -0.331. The Morgan fingerprint density at radius 1 is 1.33 bits per heavy atom. The summed E-state index contributed by atoms with van der Waals surface area (Å²) in [5, 5.41) is 2.99. The lowest BCUT2D eigenvalue weighted by Crippen LogP contribution is -2.43. The normalized spacial score (nSPS) is 17.6. The van der Waals surface area contributed by atoms with Crippen LogP contribution in [-0.4, -0.2) is 28.4 Å². The molecule has 0 saturated carbocycles. The third-order valence-corrected chi connectivity index (χ3v) is 4.50. The second-order valence-electron chi connectivity index (χ2n) is 6.12. The van der Waals surface area contributed by atoms with Crippen LogP contribution in [0.2, 0.25) is 0 Å². The smallest absolute Gasteiger partial charge is 0.255 e. The van der Waals surface area contributed by atoms with E-state index in [0.29, 0.717) is 23.0 Å². The Morgan fingerprint density at radius 2 is 2.17 bits per heavy atom. The first-order valence-corrected chi connectivity index (χ1v) is 8.46. The van der Waals surface area contributed by atoms with Crippen LogP contribution in [-0.2, 0) is 0 Å². The van der Waals surface area contributed by atoms with Crippen LogP contribution in [0, 0.1) is 5.82 Å². The molecule has 24 heavy (non-hydrogen) atoms. The third kappa shape index (κ3) is 3.55. The first-order valence-electron chi connectivity index (χ1n) is 8.46. The van der Waals surface area contributed by atoms with Crippen molar-refractivity contribution in [2.45, 2.75) is 38.6 Å². The van der Waals surface area contributed by atoms with Gasteiger partial charge in [0.1, 0.15) is 5.82 Å². The number of para-hydroxylation sites is 1. The van der Waals surface area contributed by atoms with E-state index in [1.807, 2.05) is 4.90 Å². The molecule has 2 heterocycles. The number of hydrogen-bond acceptors (Lipinski definition) is 3. The van der Waals surface area contributed by atoms with E-state index in [4.69, 9.17) is 0 Å². The number of hydrogen-bond donors (Lipinski definition) is 1. The Kier molecular flexibility index (Phi) is 5.08. The van der Waals surface area contributed by atoms with Crippen LogP contribution in [0.4, 0.5) is 15.8 Å². The summed E-state index contributed by atoms with van der Waals surface area (Å²) in [6.07, 6.45) is 7.42. The van der Waals surface area contributed by atoms with E-state index >= 15 is 0 Å². The van der Waals surface area contributed by atoms with Crippen LogP contribution in [0.5, 0.6) is 0 Å². The van der Waals surface area contributed by atoms with Crippen molar-refractivity contribution in [2.24, 2.45) is 0 Å². The topological polar surface area (TPSA) is 45.2 Å². The zero-order valence-corrected chi connectivity index (χ0v) is 13.8. The van der Waals surface area contributed by atoms with Gasteiger partial charge in [0.15, 0.2) is 0 Å².